The summed E-state index contributed by atoms with van der Waals surface area (Å²) in [7, 11) is 1.01. The fourth-order valence-electron chi connectivity index (χ4n) is 0.527. The molecular formula is C6H10O6. The number of rotatable bonds is 4. The number of hydrogen-bond acceptors (Lipinski definition) is 6. The lowest BCUT2D eigenvalue weighted by Gasteiger charge is -2.16. The zero-order valence-corrected chi connectivity index (χ0v) is 6.38. The third-order valence-electron chi connectivity index (χ3n) is 1.26. The minimum Gasteiger partial charge on any atom is -0.467 e. The van der Waals surface area contributed by atoms with Crippen molar-refractivity contribution >= 4 is 12.3 Å². The molecule has 0 spiro atoms. The Hall–Kier alpha value is -0.980. The van der Waals surface area contributed by atoms with E-state index in [1.54, 1.807) is 0 Å². The Kier molecular flexibility index (Phi) is 4.42. The van der Waals surface area contributed by atoms with Gasteiger partial charge in [0.05, 0.1) is 7.11 Å². The SMILES string of the molecule is COC(=O)[C@@H](O)[C@@H](O)[C@H](O)C=O. The molecule has 0 rings (SSSR count). The highest BCUT2D eigenvalue weighted by molar-refractivity contribution is 5.76. The summed E-state index contributed by atoms with van der Waals surface area (Å²) in [6.07, 6.45) is -5.54. The van der Waals surface area contributed by atoms with Gasteiger partial charge in [0.1, 0.15) is 12.2 Å². The highest BCUT2D eigenvalue weighted by Crippen LogP contribution is 1.99. The number of ether oxygens (including phenoxy) is 1. The van der Waals surface area contributed by atoms with E-state index < -0.39 is 24.3 Å². The van der Waals surface area contributed by atoms with Crippen LogP contribution in [0.5, 0.6) is 0 Å². The smallest absolute Gasteiger partial charge is 0.337 e. The molecule has 0 amide bonds. The highest BCUT2D eigenvalue weighted by Gasteiger charge is 2.30. The molecular weight excluding hydrogens is 168 g/mol. The molecule has 6 nitrogen and oxygen atoms in total. The molecule has 0 radical (unpaired) electrons. The van der Waals surface area contributed by atoms with Crippen molar-refractivity contribution < 1.29 is 29.6 Å². The summed E-state index contributed by atoms with van der Waals surface area (Å²) in [5, 5.41) is 26.4. The maximum atomic E-state index is 10.5. The summed E-state index contributed by atoms with van der Waals surface area (Å²) in [4.78, 5) is 20.4. The van der Waals surface area contributed by atoms with E-state index in [0.29, 0.717) is 0 Å². The summed E-state index contributed by atoms with van der Waals surface area (Å²) < 4.78 is 4.05. The van der Waals surface area contributed by atoms with Crippen LogP contribution in [0.2, 0.25) is 0 Å². The number of carbonyl (C=O) groups is 2. The molecule has 0 saturated heterocycles. The minimum absolute atomic E-state index is 0.0107. The predicted molar refractivity (Wildman–Crippen MR) is 36.1 cm³/mol. The van der Waals surface area contributed by atoms with Crippen LogP contribution < -0.4 is 0 Å². The Morgan fingerprint density at radius 1 is 1.42 bits per heavy atom. The molecule has 0 unspecified atom stereocenters. The summed E-state index contributed by atoms with van der Waals surface area (Å²) >= 11 is 0. The second-order valence-corrected chi connectivity index (χ2v) is 2.09. The Labute approximate surface area is 68.4 Å². The number of esters is 1. The molecule has 0 aromatic rings. The summed E-state index contributed by atoms with van der Waals surface area (Å²) in [5.41, 5.74) is 0. The fourth-order valence-corrected chi connectivity index (χ4v) is 0.527. The predicted octanol–water partition coefficient (Wildman–Crippen LogP) is -2.56. The molecule has 12 heavy (non-hydrogen) atoms. The van der Waals surface area contributed by atoms with Crippen molar-refractivity contribution in [2.45, 2.75) is 18.3 Å². The van der Waals surface area contributed by atoms with E-state index in [4.69, 9.17) is 15.3 Å². The van der Waals surface area contributed by atoms with E-state index in [-0.39, 0.29) is 6.29 Å². The summed E-state index contributed by atoms with van der Waals surface area (Å²) in [6.45, 7) is 0. The molecule has 0 aliphatic heterocycles. The number of methoxy groups -OCH3 is 1. The van der Waals surface area contributed by atoms with Crippen molar-refractivity contribution in [2.75, 3.05) is 7.11 Å². The Bertz CT molecular complexity index is 167. The summed E-state index contributed by atoms with van der Waals surface area (Å²) in [6, 6.07) is 0. The molecule has 0 aromatic carbocycles. The van der Waals surface area contributed by atoms with Crippen molar-refractivity contribution in [3.8, 4) is 0 Å². The fraction of sp³-hybridized carbons (Fsp3) is 0.667. The first-order chi connectivity index (χ1) is 5.54. The van der Waals surface area contributed by atoms with Gasteiger partial charge in [0.15, 0.2) is 12.4 Å². The topological polar surface area (TPSA) is 104 Å². The van der Waals surface area contributed by atoms with Crippen molar-refractivity contribution in [3.05, 3.63) is 0 Å². The van der Waals surface area contributed by atoms with Gasteiger partial charge >= 0.3 is 5.97 Å². The molecule has 0 saturated carbocycles. The molecule has 0 aromatic heterocycles. The third-order valence-corrected chi connectivity index (χ3v) is 1.26. The van der Waals surface area contributed by atoms with Crippen molar-refractivity contribution in [2.24, 2.45) is 0 Å². The van der Waals surface area contributed by atoms with E-state index >= 15 is 0 Å². The number of hydrogen-bond donors (Lipinski definition) is 3. The largest absolute Gasteiger partial charge is 0.467 e. The third kappa shape index (κ3) is 2.57. The van der Waals surface area contributed by atoms with Crippen LogP contribution in [-0.2, 0) is 14.3 Å². The highest BCUT2D eigenvalue weighted by atomic mass is 16.5. The zero-order chi connectivity index (χ0) is 9.72. The van der Waals surface area contributed by atoms with Gasteiger partial charge in [-0.2, -0.15) is 0 Å². The second-order valence-electron chi connectivity index (χ2n) is 2.09. The van der Waals surface area contributed by atoms with E-state index in [1.807, 2.05) is 0 Å². The van der Waals surface area contributed by atoms with Gasteiger partial charge in [-0.15, -0.1) is 0 Å². The zero-order valence-electron chi connectivity index (χ0n) is 6.38. The molecule has 3 atom stereocenters. The lowest BCUT2D eigenvalue weighted by atomic mass is 10.1. The van der Waals surface area contributed by atoms with Crippen molar-refractivity contribution in [3.63, 3.8) is 0 Å². The molecule has 0 heterocycles. The van der Waals surface area contributed by atoms with Gasteiger partial charge in [-0.05, 0) is 0 Å². The summed E-state index contributed by atoms with van der Waals surface area (Å²) in [5.74, 6) is -1.11. The van der Waals surface area contributed by atoms with Gasteiger partial charge in [-0.3, -0.25) is 0 Å². The molecule has 3 N–H and O–H groups in total. The van der Waals surface area contributed by atoms with Crippen molar-refractivity contribution in [1.82, 2.24) is 0 Å². The van der Waals surface area contributed by atoms with Crippen molar-refractivity contribution in [1.29, 1.82) is 0 Å². The van der Waals surface area contributed by atoms with E-state index in [1.165, 1.54) is 0 Å². The molecule has 0 bridgehead atoms. The number of aliphatic hydroxyl groups excluding tert-OH is 3. The van der Waals surface area contributed by atoms with Crippen LogP contribution in [0.3, 0.4) is 0 Å². The van der Waals surface area contributed by atoms with Crippen LogP contribution in [0.1, 0.15) is 0 Å². The molecule has 0 fully saturated rings. The van der Waals surface area contributed by atoms with Crippen LogP contribution in [0, 0.1) is 0 Å². The molecule has 0 aliphatic carbocycles. The normalized spacial score (nSPS) is 17.7. The average molecular weight is 178 g/mol. The molecule has 0 aliphatic rings. The van der Waals surface area contributed by atoms with Crippen LogP contribution >= 0.6 is 0 Å². The van der Waals surface area contributed by atoms with Gasteiger partial charge < -0.3 is 24.9 Å². The molecule has 70 valence electrons. The van der Waals surface area contributed by atoms with Gasteiger partial charge in [-0.25, -0.2) is 4.79 Å². The lowest BCUT2D eigenvalue weighted by Crippen LogP contribution is -2.43. The first-order valence-electron chi connectivity index (χ1n) is 3.12. The van der Waals surface area contributed by atoms with Gasteiger partial charge in [0, 0.05) is 0 Å². The lowest BCUT2D eigenvalue weighted by molar-refractivity contribution is -0.161. The van der Waals surface area contributed by atoms with Crippen LogP contribution in [0.4, 0.5) is 0 Å². The number of aldehydes is 1. The first kappa shape index (κ1) is 11.0. The van der Waals surface area contributed by atoms with Crippen LogP contribution in [0.25, 0.3) is 0 Å². The Morgan fingerprint density at radius 3 is 2.25 bits per heavy atom. The van der Waals surface area contributed by atoms with E-state index in [2.05, 4.69) is 4.74 Å². The standard InChI is InChI=1S/C6H10O6/c1-12-6(11)5(10)4(9)3(8)2-7/h2-5,8-10H,1H3/t3-,4+,5+/m1/s1. The monoisotopic (exact) mass is 178 g/mol. The molecule has 6 heteroatoms. The van der Waals surface area contributed by atoms with Gasteiger partial charge in [0.25, 0.3) is 0 Å². The van der Waals surface area contributed by atoms with Crippen LogP contribution in [-0.4, -0.2) is 53.0 Å². The van der Waals surface area contributed by atoms with E-state index in [9.17, 15) is 9.59 Å². The minimum atomic E-state index is -1.91. The maximum Gasteiger partial charge on any atom is 0.337 e. The van der Waals surface area contributed by atoms with E-state index in [0.717, 1.165) is 7.11 Å². The van der Waals surface area contributed by atoms with Gasteiger partial charge in [-0.1, -0.05) is 0 Å². The van der Waals surface area contributed by atoms with Gasteiger partial charge in [0.2, 0.25) is 0 Å². The maximum absolute atomic E-state index is 10.5. The first-order valence-corrected chi connectivity index (χ1v) is 3.12. The Morgan fingerprint density at radius 2 is 1.92 bits per heavy atom. The Balaban J connectivity index is 4.17. The average Bonchev–Trinajstić information content (AvgIpc) is 2.12. The number of aliphatic hydroxyl groups is 3. The number of carbonyl (C=O) groups excluding carboxylic acids is 2. The quantitative estimate of drug-likeness (QED) is 0.323. The second kappa shape index (κ2) is 4.81. The van der Waals surface area contributed by atoms with Crippen LogP contribution in [0.15, 0.2) is 0 Å².